The third kappa shape index (κ3) is 8.01. The molecule has 212 valence electrons. The fraction of sp³-hybridized carbons (Fsp3) is 0.258. The third-order valence-electron chi connectivity index (χ3n) is 6.72. The Bertz CT molecular complexity index is 1380. The van der Waals surface area contributed by atoms with Gasteiger partial charge in [-0.25, -0.2) is 0 Å². The van der Waals surface area contributed by atoms with Crippen LogP contribution in [0.5, 0.6) is 0 Å². The molecule has 1 aliphatic heterocycles. The van der Waals surface area contributed by atoms with Crippen molar-refractivity contribution < 1.29 is 29.1 Å². The highest BCUT2D eigenvalue weighted by molar-refractivity contribution is 6.06. The maximum Gasteiger partial charge on any atom is 0.305 e. The van der Waals surface area contributed by atoms with Crippen molar-refractivity contribution in [1.82, 2.24) is 10.6 Å². The number of para-hydroxylation sites is 2. The Labute approximate surface area is 238 Å². The monoisotopic (exact) mass is 556 g/mol. The lowest BCUT2D eigenvalue weighted by atomic mass is 10.1. The van der Waals surface area contributed by atoms with Crippen LogP contribution < -0.4 is 20.4 Å². The molecule has 3 aromatic carbocycles. The number of rotatable bonds is 12. The molecule has 0 saturated heterocycles. The van der Waals surface area contributed by atoms with E-state index in [-0.39, 0.29) is 18.9 Å². The predicted molar refractivity (Wildman–Crippen MR) is 153 cm³/mol. The highest BCUT2D eigenvalue weighted by Crippen LogP contribution is 2.33. The van der Waals surface area contributed by atoms with Gasteiger partial charge in [0.1, 0.15) is 18.9 Å². The Morgan fingerprint density at radius 1 is 0.878 bits per heavy atom. The first kappa shape index (κ1) is 29.0. The molecule has 3 amide bonds. The van der Waals surface area contributed by atoms with E-state index >= 15 is 0 Å². The molecule has 0 spiro atoms. The van der Waals surface area contributed by atoms with Crippen molar-refractivity contribution in [3.8, 4) is 0 Å². The number of anilines is 2. The van der Waals surface area contributed by atoms with E-state index in [0.717, 1.165) is 11.1 Å². The van der Waals surface area contributed by atoms with Crippen LogP contribution in [0, 0.1) is 0 Å². The number of aliphatic carboxylic acids is 1. The summed E-state index contributed by atoms with van der Waals surface area (Å²) in [6.45, 7) is 0.151. The summed E-state index contributed by atoms with van der Waals surface area (Å²) in [5.41, 5.74) is 3.15. The summed E-state index contributed by atoms with van der Waals surface area (Å²) in [4.78, 5) is 65.5. The van der Waals surface area contributed by atoms with Gasteiger partial charge in [-0.3, -0.25) is 24.1 Å². The number of aryl methyl sites for hydroxylation is 1. The fourth-order valence-corrected chi connectivity index (χ4v) is 4.77. The molecule has 0 radical (unpaired) electrons. The number of carbonyl (C=O) groups is 5. The Kier molecular flexibility index (Phi) is 9.82. The molecule has 10 heteroatoms. The van der Waals surface area contributed by atoms with Crippen LogP contribution in [0.1, 0.15) is 24.0 Å². The molecule has 10 nitrogen and oxygen atoms in total. The van der Waals surface area contributed by atoms with Crippen LogP contribution in [0.3, 0.4) is 0 Å². The maximum atomic E-state index is 13.9. The minimum absolute atomic E-state index is 0.163. The van der Waals surface area contributed by atoms with Gasteiger partial charge in [0.25, 0.3) is 5.91 Å². The van der Waals surface area contributed by atoms with Crippen molar-refractivity contribution in [2.75, 3.05) is 22.9 Å². The molecular formula is C31H32N4O6. The summed E-state index contributed by atoms with van der Waals surface area (Å²) < 4.78 is 0. The minimum atomic E-state index is -1.24. The summed E-state index contributed by atoms with van der Waals surface area (Å²) in [6.07, 6.45) is 0.451. The van der Waals surface area contributed by atoms with E-state index in [2.05, 4.69) is 10.6 Å². The zero-order valence-corrected chi connectivity index (χ0v) is 22.4. The van der Waals surface area contributed by atoms with E-state index < -0.39 is 42.8 Å². The van der Waals surface area contributed by atoms with E-state index in [4.69, 9.17) is 5.11 Å². The van der Waals surface area contributed by atoms with Crippen LogP contribution >= 0.6 is 0 Å². The number of carbonyl (C=O) groups excluding carboxylic acids is 4. The number of hydrogen-bond acceptors (Lipinski definition) is 6. The van der Waals surface area contributed by atoms with Crippen molar-refractivity contribution in [2.24, 2.45) is 0 Å². The number of benzene rings is 3. The van der Waals surface area contributed by atoms with Gasteiger partial charge in [-0.15, -0.1) is 0 Å². The van der Waals surface area contributed by atoms with Crippen LogP contribution in [0.4, 0.5) is 11.4 Å². The van der Waals surface area contributed by atoms with E-state index in [1.165, 1.54) is 4.90 Å². The minimum Gasteiger partial charge on any atom is -0.481 e. The van der Waals surface area contributed by atoms with Gasteiger partial charge in [-0.05, 0) is 29.7 Å². The van der Waals surface area contributed by atoms with Crippen LogP contribution in [0.15, 0.2) is 84.9 Å². The van der Waals surface area contributed by atoms with Gasteiger partial charge in [0.2, 0.25) is 11.8 Å². The van der Waals surface area contributed by atoms with Gasteiger partial charge >= 0.3 is 5.97 Å². The topological polar surface area (TPSA) is 136 Å². The average Bonchev–Trinajstić information content (AvgIpc) is 3.07. The summed E-state index contributed by atoms with van der Waals surface area (Å²) in [6, 6.07) is 24.2. The predicted octanol–water partition coefficient (Wildman–Crippen LogP) is 2.32. The Balaban J connectivity index is 1.60. The largest absolute Gasteiger partial charge is 0.481 e. The normalized spacial score (nSPS) is 15.3. The molecule has 41 heavy (non-hydrogen) atoms. The standard InChI is InChI=1S/C31H32N4O6/c36-21-24(17-30(39)40)32-29(38)20-35-27-14-8-7-13-26(27)34(18-23-11-5-2-6-12-23)19-25(31(35)41)33-28(37)16-15-22-9-3-1-4-10-22/h1-14,21,24-25H,15-20H2,(H,32,38)(H,33,37)(H,39,40)/t24-,25-/m0/s1. The number of amides is 3. The Hall–Kier alpha value is -4.99. The average molecular weight is 557 g/mol. The second kappa shape index (κ2) is 13.9. The van der Waals surface area contributed by atoms with Crippen molar-refractivity contribution in [1.29, 1.82) is 0 Å². The first-order valence-electron chi connectivity index (χ1n) is 13.3. The molecule has 0 fully saturated rings. The quantitative estimate of drug-likeness (QED) is 0.291. The molecule has 2 atom stereocenters. The highest BCUT2D eigenvalue weighted by Gasteiger charge is 2.35. The van der Waals surface area contributed by atoms with E-state index in [0.29, 0.717) is 30.6 Å². The van der Waals surface area contributed by atoms with Crippen molar-refractivity contribution in [3.05, 3.63) is 96.1 Å². The number of nitrogens with one attached hydrogen (secondary N) is 2. The summed E-state index contributed by atoms with van der Waals surface area (Å²) in [7, 11) is 0. The summed E-state index contributed by atoms with van der Waals surface area (Å²) >= 11 is 0. The summed E-state index contributed by atoms with van der Waals surface area (Å²) in [5.74, 6) is -2.73. The zero-order valence-electron chi connectivity index (χ0n) is 22.4. The van der Waals surface area contributed by atoms with Gasteiger partial charge in [0.15, 0.2) is 0 Å². The molecule has 4 rings (SSSR count). The summed E-state index contributed by atoms with van der Waals surface area (Å²) in [5, 5.41) is 14.3. The van der Waals surface area contributed by atoms with Gasteiger partial charge < -0.3 is 25.4 Å². The highest BCUT2D eigenvalue weighted by atomic mass is 16.4. The van der Waals surface area contributed by atoms with Gasteiger partial charge in [-0.1, -0.05) is 72.8 Å². The van der Waals surface area contributed by atoms with Gasteiger partial charge in [-0.2, -0.15) is 0 Å². The van der Waals surface area contributed by atoms with Crippen molar-refractivity contribution >= 4 is 41.4 Å². The molecule has 0 saturated carbocycles. The number of hydrogen-bond donors (Lipinski definition) is 3. The van der Waals surface area contributed by atoms with Gasteiger partial charge in [0.05, 0.1) is 23.8 Å². The fourth-order valence-electron chi connectivity index (χ4n) is 4.77. The lowest BCUT2D eigenvalue weighted by molar-refractivity contribution is -0.138. The van der Waals surface area contributed by atoms with E-state index in [9.17, 15) is 24.0 Å². The molecule has 0 unspecified atom stereocenters. The van der Waals surface area contributed by atoms with E-state index in [1.54, 1.807) is 12.1 Å². The molecule has 3 aromatic rings. The van der Waals surface area contributed by atoms with Crippen molar-refractivity contribution in [2.45, 2.75) is 37.9 Å². The van der Waals surface area contributed by atoms with Crippen LogP contribution in [-0.4, -0.2) is 60.3 Å². The van der Waals surface area contributed by atoms with E-state index in [1.807, 2.05) is 77.7 Å². The lowest BCUT2D eigenvalue weighted by Crippen LogP contribution is -2.54. The maximum absolute atomic E-state index is 13.9. The molecule has 1 heterocycles. The molecule has 0 aliphatic carbocycles. The molecule has 3 N–H and O–H groups in total. The molecule has 0 aromatic heterocycles. The molecule has 1 aliphatic rings. The van der Waals surface area contributed by atoms with Crippen LogP contribution in [0.25, 0.3) is 0 Å². The number of carboxylic acid groups (broad SMARTS) is 1. The first-order chi connectivity index (χ1) is 19.8. The first-order valence-corrected chi connectivity index (χ1v) is 13.3. The molecular weight excluding hydrogens is 524 g/mol. The number of aldehydes is 1. The van der Waals surface area contributed by atoms with Crippen LogP contribution in [0.2, 0.25) is 0 Å². The number of fused-ring (bicyclic) bond motifs is 1. The second-order valence-corrected chi connectivity index (χ2v) is 9.79. The Morgan fingerprint density at radius 3 is 2.12 bits per heavy atom. The third-order valence-corrected chi connectivity index (χ3v) is 6.72. The second-order valence-electron chi connectivity index (χ2n) is 9.79. The van der Waals surface area contributed by atoms with Gasteiger partial charge in [0, 0.05) is 19.5 Å². The lowest BCUT2D eigenvalue weighted by Gasteiger charge is -2.27. The SMILES string of the molecule is O=C[C@H](CC(=O)O)NC(=O)CN1C(=O)[C@@H](NC(=O)CCc2ccccc2)CN(Cc2ccccc2)c2ccccc21. The van der Waals surface area contributed by atoms with Crippen LogP contribution in [-0.2, 0) is 36.9 Å². The smallest absolute Gasteiger partial charge is 0.305 e. The zero-order chi connectivity index (χ0) is 29.2. The Morgan fingerprint density at radius 2 is 1.49 bits per heavy atom. The molecule has 0 bridgehead atoms. The number of nitrogens with zero attached hydrogens (tertiary/aromatic N) is 2. The number of carboxylic acids is 1. The van der Waals surface area contributed by atoms with Crippen molar-refractivity contribution in [3.63, 3.8) is 0 Å².